The number of hydrogen-bond acceptors (Lipinski definition) is 5. The molecule has 180 valence electrons. The van der Waals surface area contributed by atoms with Gasteiger partial charge >= 0.3 is 12.6 Å². The lowest BCUT2D eigenvalue weighted by Gasteiger charge is -2.24. The van der Waals surface area contributed by atoms with Gasteiger partial charge in [-0.05, 0) is 36.8 Å². The van der Waals surface area contributed by atoms with Gasteiger partial charge in [-0.2, -0.15) is 8.78 Å². The molecule has 0 spiro atoms. The van der Waals surface area contributed by atoms with Crippen molar-refractivity contribution in [3.05, 3.63) is 58.9 Å². The molecule has 2 bridgehead atoms. The fraction of sp³-hybridized carbons (Fsp3) is 0.346. The van der Waals surface area contributed by atoms with Gasteiger partial charge in [0.1, 0.15) is 11.6 Å². The molecule has 0 unspecified atom stereocenters. The SMILES string of the molecule is [2H]C([2H])([2H])N1C(=O)c2cccc(OC(F)F)c2[C@H]2C[C@@H]1c1nc3ccc(C#CCCCC(=O)OC)cc3n12. The third-order valence-electron chi connectivity index (χ3n) is 6.29. The maximum Gasteiger partial charge on any atom is 0.387 e. The fourth-order valence-electron chi connectivity index (χ4n) is 4.77. The number of esters is 1. The number of imidazole rings is 1. The van der Waals surface area contributed by atoms with Gasteiger partial charge in [0, 0.05) is 47.0 Å². The third kappa shape index (κ3) is 3.99. The number of hydrogen-bond donors (Lipinski definition) is 0. The largest absolute Gasteiger partial charge is 0.469 e. The number of ether oxygens (including phenoxy) is 2. The molecule has 3 heterocycles. The molecule has 0 saturated carbocycles. The van der Waals surface area contributed by atoms with E-state index in [1.807, 2.05) is 0 Å². The molecule has 7 nitrogen and oxygen atoms in total. The highest BCUT2D eigenvalue weighted by atomic mass is 19.3. The number of alkyl halides is 2. The summed E-state index contributed by atoms with van der Waals surface area (Å²) in [4.78, 5) is 30.2. The smallest absolute Gasteiger partial charge is 0.387 e. The van der Waals surface area contributed by atoms with Crippen LogP contribution >= 0.6 is 0 Å². The molecule has 2 aliphatic rings. The Hall–Kier alpha value is -3.93. The lowest BCUT2D eigenvalue weighted by molar-refractivity contribution is -0.140. The van der Waals surface area contributed by atoms with E-state index in [0.29, 0.717) is 35.3 Å². The Morgan fingerprint density at radius 1 is 1.31 bits per heavy atom. The number of aromatic nitrogens is 2. The number of carbonyl (C=O) groups is 2. The van der Waals surface area contributed by atoms with E-state index in [1.165, 1.54) is 25.3 Å². The van der Waals surface area contributed by atoms with Crippen LogP contribution in [0.2, 0.25) is 0 Å². The molecule has 35 heavy (non-hydrogen) atoms. The Labute approximate surface area is 204 Å². The number of carbonyl (C=O) groups excluding carboxylic acids is 2. The van der Waals surface area contributed by atoms with Gasteiger partial charge in [0.25, 0.3) is 5.91 Å². The van der Waals surface area contributed by atoms with Crippen molar-refractivity contribution < 1.29 is 32.0 Å². The van der Waals surface area contributed by atoms with Crippen LogP contribution in [0.3, 0.4) is 0 Å². The van der Waals surface area contributed by atoms with Crippen LogP contribution in [0.4, 0.5) is 8.78 Å². The summed E-state index contributed by atoms with van der Waals surface area (Å²) in [6, 6.07) is 7.93. The number of nitrogens with zero attached hydrogens (tertiary/aromatic N) is 3. The summed E-state index contributed by atoms with van der Waals surface area (Å²) in [6.07, 6.45) is 1.45. The molecule has 1 aromatic heterocycles. The number of fused-ring (bicyclic) bond motifs is 9. The van der Waals surface area contributed by atoms with Crippen molar-refractivity contribution in [1.29, 1.82) is 0 Å². The highest BCUT2D eigenvalue weighted by Crippen LogP contribution is 2.49. The lowest BCUT2D eigenvalue weighted by Crippen LogP contribution is -2.30. The predicted molar refractivity (Wildman–Crippen MR) is 123 cm³/mol. The van der Waals surface area contributed by atoms with E-state index in [-0.39, 0.29) is 35.7 Å². The van der Waals surface area contributed by atoms with E-state index >= 15 is 0 Å². The van der Waals surface area contributed by atoms with Gasteiger partial charge in [-0.1, -0.05) is 17.9 Å². The summed E-state index contributed by atoms with van der Waals surface area (Å²) in [6.45, 7) is -5.92. The molecule has 3 aromatic rings. The molecule has 0 N–H and O–H groups in total. The number of halogens is 2. The quantitative estimate of drug-likeness (QED) is 0.305. The van der Waals surface area contributed by atoms with Crippen molar-refractivity contribution >= 4 is 22.9 Å². The van der Waals surface area contributed by atoms with Crippen molar-refractivity contribution in [3.63, 3.8) is 0 Å². The average Bonchev–Trinajstić information content (AvgIpc) is 3.35. The van der Waals surface area contributed by atoms with E-state index in [4.69, 9.17) is 8.85 Å². The summed E-state index contributed by atoms with van der Waals surface area (Å²) in [5.41, 5.74) is 2.05. The van der Waals surface area contributed by atoms with E-state index in [9.17, 15) is 18.4 Å². The van der Waals surface area contributed by atoms with Crippen LogP contribution < -0.4 is 4.74 Å². The first-order valence-electron chi connectivity index (χ1n) is 12.6. The Kier molecular flexibility index (Phi) is 5.00. The van der Waals surface area contributed by atoms with Crippen LogP contribution in [0.25, 0.3) is 11.0 Å². The standard InChI is InChI=1S/C26H23F2N3O4/c1-30-20-14-19(23-16(25(30)33)8-6-9-21(23)35-26(27)28)31-18-13-15(11-12-17(18)29-24(20)31)7-4-3-5-10-22(32)34-2/h6,8-9,11-13,19-20,26H,3,5,10,14H2,1-2H3/t19-,20-/m1/s1/i1D3. The lowest BCUT2D eigenvalue weighted by atomic mass is 9.97. The van der Waals surface area contributed by atoms with Crippen LogP contribution in [0.1, 0.15) is 69.2 Å². The van der Waals surface area contributed by atoms with Crippen molar-refractivity contribution in [3.8, 4) is 17.6 Å². The molecule has 1 amide bonds. The van der Waals surface area contributed by atoms with E-state index in [1.54, 1.807) is 22.8 Å². The number of benzene rings is 2. The molecule has 0 saturated heterocycles. The highest BCUT2D eigenvalue weighted by molar-refractivity contribution is 5.97. The Morgan fingerprint density at radius 3 is 2.94 bits per heavy atom. The molecule has 0 radical (unpaired) electrons. The minimum absolute atomic E-state index is 0.000766. The Balaban J connectivity index is 1.62. The van der Waals surface area contributed by atoms with Gasteiger partial charge in [-0.3, -0.25) is 9.59 Å². The van der Waals surface area contributed by atoms with E-state index in [2.05, 4.69) is 21.6 Å². The highest BCUT2D eigenvalue weighted by Gasteiger charge is 2.44. The fourth-order valence-corrected chi connectivity index (χ4v) is 4.77. The molecule has 2 aromatic carbocycles. The molecular formula is C26H23F2N3O4. The Morgan fingerprint density at radius 2 is 2.17 bits per heavy atom. The van der Waals surface area contributed by atoms with Gasteiger partial charge in [0.05, 0.1) is 30.2 Å². The molecule has 0 fully saturated rings. The normalized spacial score (nSPS) is 19.7. The van der Waals surface area contributed by atoms with Crippen molar-refractivity contribution in [2.75, 3.05) is 14.1 Å². The summed E-state index contributed by atoms with van der Waals surface area (Å²) in [5, 5.41) is 0. The van der Waals surface area contributed by atoms with Gasteiger partial charge in [0.15, 0.2) is 0 Å². The minimum Gasteiger partial charge on any atom is -0.469 e. The van der Waals surface area contributed by atoms with E-state index in [0.717, 1.165) is 4.90 Å². The average molecular weight is 483 g/mol. The van der Waals surface area contributed by atoms with Crippen LogP contribution in [0, 0.1) is 11.8 Å². The summed E-state index contributed by atoms with van der Waals surface area (Å²) >= 11 is 0. The van der Waals surface area contributed by atoms with Gasteiger partial charge in [-0.15, -0.1) is 0 Å². The summed E-state index contributed by atoms with van der Waals surface area (Å²) in [7, 11) is 1.33. The molecule has 9 heteroatoms. The summed E-state index contributed by atoms with van der Waals surface area (Å²) in [5.74, 6) is 5.17. The maximum absolute atomic E-state index is 13.5. The second kappa shape index (κ2) is 9.02. The first-order chi connectivity index (χ1) is 18.1. The predicted octanol–water partition coefficient (Wildman–Crippen LogP) is 4.45. The third-order valence-corrected chi connectivity index (χ3v) is 6.29. The monoisotopic (exact) mass is 482 g/mol. The first-order valence-corrected chi connectivity index (χ1v) is 11.1. The van der Waals surface area contributed by atoms with Crippen LogP contribution in [0.15, 0.2) is 36.4 Å². The van der Waals surface area contributed by atoms with Crippen LogP contribution in [-0.4, -0.2) is 47.0 Å². The van der Waals surface area contributed by atoms with Gasteiger partial charge in [-0.25, -0.2) is 4.98 Å². The zero-order valence-corrected chi connectivity index (χ0v) is 18.8. The van der Waals surface area contributed by atoms with Gasteiger partial charge < -0.3 is 18.9 Å². The molecule has 0 aliphatic carbocycles. The zero-order chi connectivity index (χ0) is 27.2. The molecular weight excluding hydrogens is 456 g/mol. The number of unbranched alkanes of at least 4 members (excludes halogenated alkanes) is 1. The second-order valence-corrected chi connectivity index (χ2v) is 8.31. The Bertz CT molecular complexity index is 1490. The van der Waals surface area contributed by atoms with Gasteiger partial charge in [0.2, 0.25) is 0 Å². The van der Waals surface area contributed by atoms with Crippen LogP contribution in [-0.2, 0) is 9.53 Å². The second-order valence-electron chi connectivity index (χ2n) is 8.31. The van der Waals surface area contributed by atoms with Crippen molar-refractivity contribution in [2.24, 2.45) is 0 Å². The summed E-state index contributed by atoms with van der Waals surface area (Å²) < 4.78 is 62.0. The topological polar surface area (TPSA) is 73.7 Å². The minimum atomic E-state index is -3.13. The molecule has 2 aliphatic heterocycles. The molecule has 2 atom stereocenters. The first kappa shape index (κ1) is 19.4. The van der Waals surface area contributed by atoms with E-state index < -0.39 is 31.6 Å². The maximum atomic E-state index is 13.5. The number of methoxy groups -OCH3 is 1. The zero-order valence-electron chi connectivity index (χ0n) is 21.8. The molecule has 5 rings (SSSR count). The van der Waals surface area contributed by atoms with Crippen molar-refractivity contribution in [2.45, 2.75) is 44.4 Å². The van der Waals surface area contributed by atoms with Crippen LogP contribution in [0.5, 0.6) is 5.75 Å². The van der Waals surface area contributed by atoms with Crippen molar-refractivity contribution in [1.82, 2.24) is 14.5 Å². The number of amides is 1. The number of rotatable bonds is 5.